The first-order valence-corrected chi connectivity index (χ1v) is 7.69. The number of aromatic nitrogens is 2. The van der Waals surface area contributed by atoms with Crippen molar-refractivity contribution in [3.8, 4) is 0 Å². The van der Waals surface area contributed by atoms with Crippen molar-refractivity contribution in [1.29, 1.82) is 0 Å². The van der Waals surface area contributed by atoms with Crippen molar-refractivity contribution >= 4 is 21.6 Å². The zero-order chi connectivity index (χ0) is 15.7. The lowest BCUT2D eigenvalue weighted by Gasteiger charge is -2.18. The first-order chi connectivity index (χ1) is 9.79. The van der Waals surface area contributed by atoms with Crippen LogP contribution >= 0.6 is 15.9 Å². The van der Waals surface area contributed by atoms with Gasteiger partial charge in [-0.05, 0) is 57.9 Å². The lowest BCUT2D eigenvalue weighted by Crippen LogP contribution is -2.23. The smallest absolute Gasteiger partial charge is 0.256 e. The molecule has 0 bridgehead atoms. The number of halogens is 1. The van der Waals surface area contributed by atoms with Crippen LogP contribution in [0, 0.1) is 27.7 Å². The third-order valence-corrected chi connectivity index (χ3v) is 4.77. The van der Waals surface area contributed by atoms with Gasteiger partial charge in [0.1, 0.15) is 5.82 Å². The quantitative estimate of drug-likeness (QED) is 0.882. The molecule has 0 spiro atoms. The Morgan fingerprint density at radius 3 is 2.29 bits per heavy atom. The van der Waals surface area contributed by atoms with Gasteiger partial charge >= 0.3 is 0 Å². The van der Waals surface area contributed by atoms with Crippen molar-refractivity contribution in [2.24, 2.45) is 0 Å². The minimum Gasteiger partial charge on any atom is -0.378 e. The Hall–Kier alpha value is -1.62. The summed E-state index contributed by atoms with van der Waals surface area (Å²) in [6.45, 7) is 9.74. The second-order valence-electron chi connectivity index (χ2n) is 5.44. The molecule has 0 fully saturated rings. The molecule has 0 aliphatic carbocycles. The highest BCUT2D eigenvalue weighted by molar-refractivity contribution is 9.10. The number of aromatic amines is 1. The molecule has 2 N–H and O–H groups in total. The third-order valence-electron chi connectivity index (χ3n) is 3.52. The number of anilines is 1. The fraction of sp³-hybridized carbons (Fsp3) is 0.375. The van der Waals surface area contributed by atoms with E-state index in [1.54, 1.807) is 6.92 Å². The van der Waals surface area contributed by atoms with Gasteiger partial charge in [0.05, 0.1) is 17.3 Å². The summed E-state index contributed by atoms with van der Waals surface area (Å²) in [7, 11) is 0. The van der Waals surface area contributed by atoms with Crippen LogP contribution in [-0.2, 0) is 0 Å². The Labute approximate surface area is 133 Å². The highest BCUT2D eigenvalue weighted by Crippen LogP contribution is 2.27. The van der Waals surface area contributed by atoms with Crippen LogP contribution in [0.3, 0.4) is 0 Å². The van der Waals surface area contributed by atoms with Gasteiger partial charge in [-0.15, -0.1) is 0 Å². The second-order valence-corrected chi connectivity index (χ2v) is 6.23. The van der Waals surface area contributed by atoms with Crippen molar-refractivity contribution in [2.75, 3.05) is 5.32 Å². The van der Waals surface area contributed by atoms with Crippen LogP contribution in [0.1, 0.15) is 41.2 Å². The van der Waals surface area contributed by atoms with Crippen LogP contribution in [0.2, 0.25) is 0 Å². The van der Waals surface area contributed by atoms with E-state index >= 15 is 0 Å². The zero-order valence-corrected chi connectivity index (χ0v) is 14.6. The van der Waals surface area contributed by atoms with Gasteiger partial charge in [-0.2, -0.15) is 0 Å². The van der Waals surface area contributed by atoms with Crippen LogP contribution in [0.5, 0.6) is 0 Å². The first-order valence-electron chi connectivity index (χ1n) is 6.90. The molecule has 1 aromatic heterocycles. The van der Waals surface area contributed by atoms with E-state index in [2.05, 4.69) is 57.2 Å². The van der Waals surface area contributed by atoms with Crippen molar-refractivity contribution in [3.05, 3.63) is 55.2 Å². The summed E-state index contributed by atoms with van der Waals surface area (Å²) < 4.78 is 1.12. The Balaban J connectivity index is 2.35. The molecule has 2 rings (SSSR count). The maximum absolute atomic E-state index is 12.1. The van der Waals surface area contributed by atoms with Crippen molar-refractivity contribution in [1.82, 2.24) is 9.97 Å². The average molecular weight is 350 g/mol. The van der Waals surface area contributed by atoms with E-state index in [-0.39, 0.29) is 11.6 Å². The summed E-state index contributed by atoms with van der Waals surface area (Å²) in [6.07, 6.45) is 0. The number of benzene rings is 1. The van der Waals surface area contributed by atoms with Gasteiger partial charge in [0.2, 0.25) is 0 Å². The van der Waals surface area contributed by atoms with Gasteiger partial charge < -0.3 is 10.3 Å². The molecular formula is C16H20BrN3O. The van der Waals surface area contributed by atoms with Crippen LogP contribution < -0.4 is 10.9 Å². The Morgan fingerprint density at radius 2 is 1.76 bits per heavy atom. The summed E-state index contributed by atoms with van der Waals surface area (Å²) in [4.78, 5) is 19.2. The Bertz CT molecular complexity index is 714. The number of hydrogen-bond donors (Lipinski definition) is 2. The molecule has 21 heavy (non-hydrogen) atoms. The van der Waals surface area contributed by atoms with Gasteiger partial charge in [-0.25, -0.2) is 4.98 Å². The van der Waals surface area contributed by atoms with E-state index in [1.165, 1.54) is 0 Å². The number of hydrogen-bond acceptors (Lipinski definition) is 3. The molecule has 2 aromatic rings. The predicted molar refractivity (Wildman–Crippen MR) is 90.0 cm³/mol. The molecule has 1 aromatic carbocycles. The molecular weight excluding hydrogens is 330 g/mol. The topological polar surface area (TPSA) is 57.8 Å². The summed E-state index contributed by atoms with van der Waals surface area (Å²) in [5.41, 5.74) is 4.70. The molecule has 0 aliphatic rings. The third kappa shape index (κ3) is 3.35. The Kier molecular flexibility index (Phi) is 4.52. The average Bonchev–Trinajstić information content (AvgIpc) is 2.34. The highest BCUT2D eigenvalue weighted by Gasteiger charge is 2.15. The predicted octanol–water partition coefficient (Wildman–Crippen LogP) is 3.94. The SMILES string of the molecule is Cc1nc(C)c(C(C)Nc2cc(C)c(Br)c(C)c2)c(=O)[nH]1. The van der Waals surface area contributed by atoms with Crippen molar-refractivity contribution < 1.29 is 0 Å². The zero-order valence-electron chi connectivity index (χ0n) is 13.0. The molecule has 0 aliphatic heterocycles. The van der Waals surface area contributed by atoms with Crippen LogP contribution in [-0.4, -0.2) is 9.97 Å². The lowest BCUT2D eigenvalue weighted by molar-refractivity contribution is 0.813. The van der Waals surface area contributed by atoms with E-state index in [1.807, 2.05) is 13.8 Å². The Morgan fingerprint density at radius 1 is 1.19 bits per heavy atom. The molecule has 1 heterocycles. The van der Waals surface area contributed by atoms with Crippen LogP contribution in [0.4, 0.5) is 5.69 Å². The summed E-state index contributed by atoms with van der Waals surface area (Å²) in [5, 5.41) is 3.39. The van der Waals surface area contributed by atoms with E-state index in [9.17, 15) is 4.79 Å². The second kappa shape index (κ2) is 6.02. The number of H-pyrrole nitrogens is 1. The highest BCUT2D eigenvalue weighted by atomic mass is 79.9. The fourth-order valence-electron chi connectivity index (χ4n) is 2.60. The maximum atomic E-state index is 12.1. The molecule has 1 atom stereocenters. The van der Waals surface area contributed by atoms with Crippen molar-refractivity contribution in [3.63, 3.8) is 0 Å². The standard InChI is InChI=1S/C16H20BrN3O/c1-8-6-13(7-9(2)15(8)17)19-11(4)14-10(3)18-12(5)20-16(14)21/h6-7,11,19H,1-5H3,(H,18,20,21). The molecule has 0 saturated carbocycles. The van der Waals surface area contributed by atoms with Gasteiger partial charge in [0.25, 0.3) is 5.56 Å². The number of nitrogens with one attached hydrogen (secondary N) is 2. The minimum atomic E-state index is -0.109. The molecule has 5 heteroatoms. The van der Waals surface area contributed by atoms with Crippen LogP contribution in [0.15, 0.2) is 21.4 Å². The van der Waals surface area contributed by atoms with Gasteiger partial charge in [0.15, 0.2) is 0 Å². The lowest BCUT2D eigenvalue weighted by atomic mass is 10.1. The van der Waals surface area contributed by atoms with E-state index in [0.29, 0.717) is 11.4 Å². The van der Waals surface area contributed by atoms with Crippen molar-refractivity contribution in [2.45, 2.75) is 40.7 Å². The first kappa shape index (κ1) is 15.8. The molecule has 4 nitrogen and oxygen atoms in total. The molecule has 0 saturated heterocycles. The number of rotatable bonds is 3. The van der Waals surface area contributed by atoms with E-state index in [4.69, 9.17) is 0 Å². The molecule has 1 unspecified atom stereocenters. The monoisotopic (exact) mass is 349 g/mol. The normalized spacial score (nSPS) is 12.3. The number of nitrogens with zero attached hydrogens (tertiary/aromatic N) is 1. The molecule has 0 radical (unpaired) electrons. The van der Waals surface area contributed by atoms with E-state index < -0.39 is 0 Å². The molecule has 0 amide bonds. The summed E-state index contributed by atoms with van der Waals surface area (Å²) >= 11 is 3.56. The maximum Gasteiger partial charge on any atom is 0.256 e. The fourth-order valence-corrected chi connectivity index (χ4v) is 2.83. The largest absolute Gasteiger partial charge is 0.378 e. The van der Waals surface area contributed by atoms with Gasteiger partial charge in [-0.3, -0.25) is 4.79 Å². The summed E-state index contributed by atoms with van der Waals surface area (Å²) in [5.74, 6) is 0.642. The minimum absolute atomic E-state index is 0.0782. The van der Waals surface area contributed by atoms with Crippen LogP contribution in [0.25, 0.3) is 0 Å². The van der Waals surface area contributed by atoms with Gasteiger partial charge in [0, 0.05) is 10.2 Å². The molecule has 112 valence electrons. The van der Waals surface area contributed by atoms with Gasteiger partial charge in [-0.1, -0.05) is 15.9 Å². The summed E-state index contributed by atoms with van der Waals surface area (Å²) in [6, 6.07) is 4.03. The number of aryl methyl sites for hydroxylation is 4. The van der Waals surface area contributed by atoms with E-state index in [0.717, 1.165) is 27.0 Å².